The van der Waals surface area contributed by atoms with Gasteiger partial charge in [0.15, 0.2) is 0 Å². The number of rotatable bonds is 6. The number of amides is 1. The minimum atomic E-state index is 0.124. The first-order valence-corrected chi connectivity index (χ1v) is 9.14. The fourth-order valence-electron chi connectivity index (χ4n) is 3.08. The second-order valence-electron chi connectivity index (χ2n) is 5.96. The van der Waals surface area contributed by atoms with E-state index in [0.717, 1.165) is 44.2 Å². The van der Waals surface area contributed by atoms with Crippen molar-refractivity contribution in [3.05, 3.63) is 57.3 Å². The van der Waals surface area contributed by atoms with Crippen molar-refractivity contribution in [3.63, 3.8) is 0 Å². The van der Waals surface area contributed by atoms with Crippen LogP contribution in [0.4, 0.5) is 0 Å². The van der Waals surface area contributed by atoms with Gasteiger partial charge in [0.2, 0.25) is 0 Å². The summed E-state index contributed by atoms with van der Waals surface area (Å²) < 4.78 is 0. The largest absolute Gasteiger partial charge is 0.352 e. The van der Waals surface area contributed by atoms with Gasteiger partial charge in [0.25, 0.3) is 5.91 Å². The van der Waals surface area contributed by atoms with Gasteiger partial charge < -0.3 is 5.32 Å². The van der Waals surface area contributed by atoms with Crippen LogP contribution in [0.3, 0.4) is 0 Å². The lowest BCUT2D eigenvalue weighted by Crippen LogP contribution is -2.25. The normalized spacial score (nSPS) is 13.6. The first-order chi connectivity index (χ1) is 10.8. The summed E-state index contributed by atoms with van der Waals surface area (Å²) in [6.07, 6.45) is 7.97. The number of carbonyl (C=O) groups excluding carboxylic acids is 1. The zero-order valence-electron chi connectivity index (χ0n) is 12.9. The Hall–Kier alpha value is -1.61. The van der Waals surface area contributed by atoms with E-state index in [1.807, 2.05) is 6.07 Å². The molecular formula is C19H23NOS. The van der Waals surface area contributed by atoms with Crippen LogP contribution in [0.2, 0.25) is 0 Å². The van der Waals surface area contributed by atoms with Crippen LogP contribution in [-0.2, 0) is 19.3 Å². The van der Waals surface area contributed by atoms with Crippen molar-refractivity contribution in [2.24, 2.45) is 0 Å². The summed E-state index contributed by atoms with van der Waals surface area (Å²) in [5, 5.41) is 5.14. The number of fused-ring (bicyclic) bond motifs is 1. The van der Waals surface area contributed by atoms with Gasteiger partial charge >= 0.3 is 0 Å². The lowest BCUT2D eigenvalue weighted by Gasteiger charge is -2.12. The molecule has 1 amide bonds. The van der Waals surface area contributed by atoms with Crippen molar-refractivity contribution in [2.45, 2.75) is 44.9 Å². The zero-order chi connectivity index (χ0) is 15.2. The van der Waals surface area contributed by atoms with Gasteiger partial charge in [-0.2, -0.15) is 0 Å². The van der Waals surface area contributed by atoms with Crippen LogP contribution in [-0.4, -0.2) is 12.5 Å². The predicted octanol–water partition coefficient (Wildman–Crippen LogP) is 4.38. The van der Waals surface area contributed by atoms with E-state index in [-0.39, 0.29) is 5.91 Å². The van der Waals surface area contributed by atoms with Gasteiger partial charge in [0.1, 0.15) is 0 Å². The van der Waals surface area contributed by atoms with Crippen LogP contribution in [0.5, 0.6) is 0 Å². The molecule has 1 heterocycles. The van der Waals surface area contributed by atoms with E-state index in [1.165, 1.54) is 28.8 Å². The molecule has 0 unspecified atom stereocenters. The second-order valence-corrected chi connectivity index (χ2v) is 6.92. The van der Waals surface area contributed by atoms with Crippen LogP contribution in [0.1, 0.15) is 52.0 Å². The van der Waals surface area contributed by atoms with E-state index in [0.29, 0.717) is 0 Å². The number of unbranched alkanes of at least 4 members (excludes halogenated alkanes) is 1. The average molecular weight is 313 g/mol. The summed E-state index contributed by atoms with van der Waals surface area (Å²) in [4.78, 5) is 13.7. The summed E-state index contributed by atoms with van der Waals surface area (Å²) in [5.41, 5.74) is 3.63. The number of hydrogen-bond acceptors (Lipinski definition) is 2. The number of nitrogens with one attached hydrogen (secondary N) is 1. The van der Waals surface area contributed by atoms with Crippen LogP contribution >= 0.6 is 11.3 Å². The summed E-state index contributed by atoms with van der Waals surface area (Å²) in [6.45, 7) is 0.774. The minimum absolute atomic E-state index is 0.124. The monoisotopic (exact) mass is 313 g/mol. The van der Waals surface area contributed by atoms with Gasteiger partial charge in [-0.05, 0) is 56.1 Å². The molecule has 2 nitrogen and oxygen atoms in total. The number of thiophene rings is 1. The molecule has 3 rings (SSSR count). The van der Waals surface area contributed by atoms with Crippen molar-refractivity contribution in [1.29, 1.82) is 0 Å². The Bertz CT molecular complexity index is 618. The topological polar surface area (TPSA) is 29.1 Å². The molecule has 0 aliphatic heterocycles. The van der Waals surface area contributed by atoms with Gasteiger partial charge in [-0.25, -0.2) is 0 Å². The van der Waals surface area contributed by atoms with E-state index in [1.54, 1.807) is 11.3 Å². The molecule has 1 aliphatic rings. The molecule has 0 saturated heterocycles. The van der Waals surface area contributed by atoms with Crippen molar-refractivity contribution >= 4 is 17.2 Å². The molecule has 1 aromatic carbocycles. The maximum atomic E-state index is 12.3. The van der Waals surface area contributed by atoms with E-state index in [4.69, 9.17) is 0 Å². The number of aryl methyl sites for hydroxylation is 2. The van der Waals surface area contributed by atoms with Crippen molar-refractivity contribution in [2.75, 3.05) is 6.54 Å². The van der Waals surface area contributed by atoms with Crippen molar-refractivity contribution < 1.29 is 4.79 Å². The maximum absolute atomic E-state index is 12.3. The summed E-state index contributed by atoms with van der Waals surface area (Å²) >= 11 is 1.76. The molecular weight excluding hydrogens is 290 g/mol. The second kappa shape index (κ2) is 7.59. The molecule has 0 radical (unpaired) electrons. The molecule has 116 valence electrons. The first-order valence-electron chi connectivity index (χ1n) is 8.26. The zero-order valence-corrected chi connectivity index (χ0v) is 13.8. The van der Waals surface area contributed by atoms with Gasteiger partial charge in [-0.1, -0.05) is 30.3 Å². The Morgan fingerprint density at radius 3 is 2.77 bits per heavy atom. The first kappa shape index (κ1) is 15.3. The molecule has 0 saturated carbocycles. The van der Waals surface area contributed by atoms with E-state index < -0.39 is 0 Å². The third kappa shape index (κ3) is 3.77. The van der Waals surface area contributed by atoms with E-state index in [9.17, 15) is 4.79 Å². The summed E-state index contributed by atoms with van der Waals surface area (Å²) in [5.74, 6) is 0.124. The van der Waals surface area contributed by atoms with Crippen LogP contribution < -0.4 is 5.32 Å². The third-order valence-corrected chi connectivity index (χ3v) is 5.42. The highest BCUT2D eigenvalue weighted by Crippen LogP contribution is 2.30. The number of benzene rings is 1. The van der Waals surface area contributed by atoms with Gasteiger partial charge in [0, 0.05) is 16.8 Å². The Morgan fingerprint density at radius 2 is 1.91 bits per heavy atom. The van der Waals surface area contributed by atoms with Crippen molar-refractivity contribution in [1.82, 2.24) is 5.32 Å². The fraction of sp³-hybridized carbons (Fsp3) is 0.421. The van der Waals surface area contributed by atoms with Crippen LogP contribution in [0.25, 0.3) is 0 Å². The van der Waals surface area contributed by atoms with Crippen LogP contribution in [0.15, 0.2) is 35.7 Å². The highest BCUT2D eigenvalue weighted by molar-refractivity contribution is 7.10. The molecule has 22 heavy (non-hydrogen) atoms. The SMILES string of the molecule is O=C(NCCCCc1ccccc1)c1csc2c1CCCC2. The van der Waals surface area contributed by atoms with Crippen molar-refractivity contribution in [3.8, 4) is 0 Å². The molecule has 1 N–H and O–H groups in total. The molecule has 0 fully saturated rings. The average Bonchev–Trinajstić information content (AvgIpc) is 2.99. The molecule has 1 aliphatic carbocycles. The molecule has 2 aromatic rings. The molecule has 0 bridgehead atoms. The Morgan fingerprint density at radius 1 is 1.09 bits per heavy atom. The van der Waals surface area contributed by atoms with E-state index >= 15 is 0 Å². The molecule has 3 heteroatoms. The molecule has 0 spiro atoms. The Balaban J connectivity index is 1.42. The molecule has 0 atom stereocenters. The standard InChI is InChI=1S/C19H23NOS/c21-19(17-14-22-18-12-5-4-11-16(17)18)20-13-7-6-10-15-8-2-1-3-9-15/h1-3,8-9,14H,4-7,10-13H2,(H,20,21). The Kier molecular flexibility index (Phi) is 5.28. The number of hydrogen-bond donors (Lipinski definition) is 1. The Labute approximate surface area is 136 Å². The highest BCUT2D eigenvalue weighted by Gasteiger charge is 2.19. The molecule has 1 aromatic heterocycles. The van der Waals surface area contributed by atoms with E-state index in [2.05, 4.69) is 35.0 Å². The summed E-state index contributed by atoms with van der Waals surface area (Å²) in [7, 11) is 0. The minimum Gasteiger partial charge on any atom is -0.352 e. The smallest absolute Gasteiger partial charge is 0.252 e. The lowest BCUT2D eigenvalue weighted by molar-refractivity contribution is 0.0952. The quantitative estimate of drug-likeness (QED) is 0.788. The van der Waals surface area contributed by atoms with Gasteiger partial charge in [-0.3, -0.25) is 4.79 Å². The van der Waals surface area contributed by atoms with Gasteiger partial charge in [0.05, 0.1) is 5.56 Å². The highest BCUT2D eigenvalue weighted by atomic mass is 32.1. The van der Waals surface area contributed by atoms with Crippen LogP contribution in [0, 0.1) is 0 Å². The summed E-state index contributed by atoms with van der Waals surface area (Å²) in [6, 6.07) is 10.5. The number of carbonyl (C=O) groups is 1. The predicted molar refractivity (Wildman–Crippen MR) is 92.7 cm³/mol. The maximum Gasteiger partial charge on any atom is 0.252 e. The third-order valence-electron chi connectivity index (χ3n) is 4.33. The lowest BCUT2D eigenvalue weighted by atomic mass is 9.95. The van der Waals surface area contributed by atoms with Gasteiger partial charge in [-0.15, -0.1) is 11.3 Å². The fourth-order valence-corrected chi connectivity index (χ4v) is 4.21.